The molecular formula is C13H21ClIN3. The van der Waals surface area contributed by atoms with Crippen molar-refractivity contribution in [2.24, 2.45) is 10.7 Å². The van der Waals surface area contributed by atoms with E-state index in [0.717, 1.165) is 11.4 Å². The van der Waals surface area contributed by atoms with Gasteiger partial charge in [0, 0.05) is 17.1 Å². The van der Waals surface area contributed by atoms with E-state index in [2.05, 4.69) is 10.3 Å². The zero-order valence-electron chi connectivity index (χ0n) is 11.0. The summed E-state index contributed by atoms with van der Waals surface area (Å²) < 4.78 is 0. The predicted molar refractivity (Wildman–Crippen MR) is 89.9 cm³/mol. The van der Waals surface area contributed by atoms with Gasteiger partial charge in [0.1, 0.15) is 0 Å². The molecule has 0 fully saturated rings. The first kappa shape index (κ1) is 17.5. The highest BCUT2D eigenvalue weighted by atomic mass is 127. The number of benzene rings is 1. The molecule has 0 bridgehead atoms. The molecule has 1 aromatic carbocycles. The number of nitrogens with one attached hydrogen (secondary N) is 1. The van der Waals surface area contributed by atoms with Gasteiger partial charge in [-0.05, 0) is 44.9 Å². The highest BCUT2D eigenvalue weighted by molar-refractivity contribution is 14.0. The van der Waals surface area contributed by atoms with Gasteiger partial charge in [0.25, 0.3) is 0 Å². The fourth-order valence-corrected chi connectivity index (χ4v) is 1.63. The van der Waals surface area contributed by atoms with Crippen molar-refractivity contribution in [3.63, 3.8) is 0 Å². The van der Waals surface area contributed by atoms with Crippen LogP contribution < -0.4 is 11.1 Å². The average Bonchev–Trinajstić information content (AvgIpc) is 2.14. The van der Waals surface area contributed by atoms with Gasteiger partial charge in [0.2, 0.25) is 0 Å². The number of aliphatic imine (C=N–C) groups is 1. The van der Waals surface area contributed by atoms with Crippen LogP contribution in [0.2, 0.25) is 5.02 Å². The quantitative estimate of drug-likeness (QED) is 0.480. The van der Waals surface area contributed by atoms with E-state index < -0.39 is 0 Å². The molecule has 1 rings (SSSR count). The molecule has 1 aromatic rings. The van der Waals surface area contributed by atoms with Gasteiger partial charge in [-0.15, -0.1) is 24.0 Å². The third kappa shape index (κ3) is 7.76. The summed E-state index contributed by atoms with van der Waals surface area (Å²) in [5.74, 6) is 0.486. The number of halogens is 2. The zero-order chi connectivity index (χ0) is 12.9. The highest BCUT2D eigenvalue weighted by Crippen LogP contribution is 2.10. The van der Waals surface area contributed by atoms with Crippen LogP contribution in [0.25, 0.3) is 0 Å². The van der Waals surface area contributed by atoms with Crippen molar-refractivity contribution in [3.05, 3.63) is 34.9 Å². The molecule has 102 valence electrons. The summed E-state index contributed by atoms with van der Waals surface area (Å²) in [4.78, 5) is 4.27. The topological polar surface area (TPSA) is 50.4 Å². The molecule has 0 heterocycles. The molecule has 0 saturated heterocycles. The maximum absolute atomic E-state index is 5.90. The summed E-state index contributed by atoms with van der Waals surface area (Å²) in [6, 6.07) is 7.79. The van der Waals surface area contributed by atoms with Crippen LogP contribution in [0.15, 0.2) is 29.3 Å². The normalized spacial score (nSPS) is 11.9. The minimum atomic E-state index is -0.0519. The lowest BCUT2D eigenvalue weighted by Crippen LogP contribution is -2.45. The first-order valence-corrected chi connectivity index (χ1v) is 6.07. The van der Waals surface area contributed by atoms with E-state index in [9.17, 15) is 0 Å². The van der Waals surface area contributed by atoms with Crippen molar-refractivity contribution >= 4 is 41.5 Å². The Labute approximate surface area is 131 Å². The second kappa shape index (κ2) is 7.84. The Morgan fingerprint density at radius 2 is 2.06 bits per heavy atom. The summed E-state index contributed by atoms with van der Waals surface area (Å²) in [6.45, 7) is 6.81. The van der Waals surface area contributed by atoms with Gasteiger partial charge in [-0.1, -0.05) is 23.7 Å². The van der Waals surface area contributed by atoms with Gasteiger partial charge >= 0.3 is 0 Å². The molecule has 0 aliphatic heterocycles. The molecule has 3 N–H and O–H groups in total. The van der Waals surface area contributed by atoms with E-state index in [1.807, 2.05) is 45.0 Å². The molecular weight excluding hydrogens is 361 g/mol. The maximum Gasteiger partial charge on any atom is 0.188 e. The van der Waals surface area contributed by atoms with Crippen molar-refractivity contribution in [2.45, 2.75) is 32.7 Å². The van der Waals surface area contributed by atoms with Gasteiger partial charge in [-0.2, -0.15) is 0 Å². The monoisotopic (exact) mass is 381 g/mol. The molecule has 0 aromatic heterocycles. The van der Waals surface area contributed by atoms with E-state index in [1.165, 1.54) is 5.56 Å². The van der Waals surface area contributed by atoms with E-state index in [1.54, 1.807) is 0 Å². The Kier molecular flexibility index (Phi) is 7.62. The van der Waals surface area contributed by atoms with Gasteiger partial charge < -0.3 is 11.1 Å². The summed E-state index contributed by atoms with van der Waals surface area (Å²) in [5, 5.41) is 3.88. The van der Waals surface area contributed by atoms with Crippen molar-refractivity contribution in [1.82, 2.24) is 5.32 Å². The average molecular weight is 382 g/mol. The molecule has 0 aliphatic carbocycles. The van der Waals surface area contributed by atoms with Crippen LogP contribution in [0, 0.1) is 0 Å². The minimum Gasteiger partial charge on any atom is -0.370 e. The van der Waals surface area contributed by atoms with Crippen LogP contribution in [-0.2, 0) is 6.42 Å². The lowest BCUT2D eigenvalue weighted by atomic mass is 10.1. The van der Waals surface area contributed by atoms with E-state index in [4.69, 9.17) is 17.3 Å². The highest BCUT2D eigenvalue weighted by Gasteiger charge is 2.09. The van der Waals surface area contributed by atoms with Crippen LogP contribution >= 0.6 is 35.6 Å². The van der Waals surface area contributed by atoms with Crippen molar-refractivity contribution in [3.8, 4) is 0 Å². The number of guanidine groups is 1. The first-order valence-electron chi connectivity index (χ1n) is 5.69. The summed E-state index contributed by atoms with van der Waals surface area (Å²) in [7, 11) is 0. The first-order chi connectivity index (χ1) is 7.87. The van der Waals surface area contributed by atoms with Gasteiger partial charge in [0.05, 0.1) is 0 Å². The third-order valence-electron chi connectivity index (χ3n) is 2.07. The molecule has 0 spiro atoms. The van der Waals surface area contributed by atoms with Crippen LogP contribution in [0.5, 0.6) is 0 Å². The lowest BCUT2D eigenvalue weighted by Gasteiger charge is -2.20. The number of nitrogens with two attached hydrogens (primary N) is 1. The standard InChI is InChI=1S/C13H20ClN3.HI/c1-13(2,3)17-12(15)16-8-7-10-5-4-6-11(14)9-10;/h4-6,9H,7-8H2,1-3H3,(H3,15,16,17);1H. The summed E-state index contributed by atoms with van der Waals surface area (Å²) in [5.41, 5.74) is 6.89. The lowest BCUT2D eigenvalue weighted by molar-refractivity contribution is 0.508. The molecule has 0 atom stereocenters. The second-order valence-electron chi connectivity index (χ2n) is 5.02. The Morgan fingerprint density at radius 3 is 2.61 bits per heavy atom. The Hall–Kier alpha value is -0.490. The molecule has 0 amide bonds. The molecule has 3 nitrogen and oxygen atoms in total. The van der Waals surface area contributed by atoms with E-state index in [-0.39, 0.29) is 29.5 Å². The van der Waals surface area contributed by atoms with Crippen LogP contribution in [0.1, 0.15) is 26.3 Å². The summed E-state index contributed by atoms with van der Waals surface area (Å²) >= 11 is 5.90. The summed E-state index contributed by atoms with van der Waals surface area (Å²) in [6.07, 6.45) is 0.840. The number of hydrogen-bond donors (Lipinski definition) is 2. The Bertz CT molecular complexity index is 399. The van der Waals surface area contributed by atoms with Crippen molar-refractivity contribution in [2.75, 3.05) is 6.54 Å². The second-order valence-corrected chi connectivity index (χ2v) is 5.46. The minimum absolute atomic E-state index is 0. The van der Waals surface area contributed by atoms with Gasteiger partial charge in [-0.3, -0.25) is 4.99 Å². The van der Waals surface area contributed by atoms with Crippen molar-refractivity contribution < 1.29 is 0 Å². The molecule has 0 unspecified atom stereocenters. The molecule has 0 aliphatic rings. The molecule has 0 saturated carbocycles. The van der Waals surface area contributed by atoms with E-state index in [0.29, 0.717) is 12.5 Å². The zero-order valence-corrected chi connectivity index (χ0v) is 14.1. The number of nitrogens with zero attached hydrogens (tertiary/aromatic N) is 1. The number of hydrogen-bond acceptors (Lipinski definition) is 1. The Morgan fingerprint density at radius 1 is 1.39 bits per heavy atom. The predicted octanol–water partition coefficient (Wildman–Crippen LogP) is 3.20. The molecule has 5 heteroatoms. The van der Waals surface area contributed by atoms with Crippen LogP contribution in [-0.4, -0.2) is 18.0 Å². The largest absolute Gasteiger partial charge is 0.370 e. The number of rotatable bonds is 3. The van der Waals surface area contributed by atoms with Crippen molar-refractivity contribution in [1.29, 1.82) is 0 Å². The van der Waals surface area contributed by atoms with Gasteiger partial charge in [-0.25, -0.2) is 0 Å². The smallest absolute Gasteiger partial charge is 0.188 e. The third-order valence-corrected chi connectivity index (χ3v) is 2.31. The fourth-order valence-electron chi connectivity index (χ4n) is 1.42. The SMILES string of the molecule is CC(C)(C)NC(N)=NCCc1cccc(Cl)c1.I. The van der Waals surface area contributed by atoms with Gasteiger partial charge in [0.15, 0.2) is 5.96 Å². The van der Waals surface area contributed by atoms with Crippen LogP contribution in [0.3, 0.4) is 0 Å². The maximum atomic E-state index is 5.90. The molecule has 0 radical (unpaired) electrons. The Balaban J connectivity index is 0.00000289. The fraction of sp³-hybridized carbons (Fsp3) is 0.462. The van der Waals surface area contributed by atoms with E-state index >= 15 is 0 Å². The van der Waals surface area contributed by atoms with Crippen LogP contribution in [0.4, 0.5) is 0 Å². The molecule has 18 heavy (non-hydrogen) atoms.